The molecule has 0 saturated carbocycles. The molecule has 1 atom stereocenters. The fraction of sp³-hybridized carbons (Fsp3) is 0.533. The third-order valence-corrected chi connectivity index (χ3v) is 3.28. The van der Waals surface area contributed by atoms with E-state index in [-0.39, 0.29) is 12.1 Å². The second kappa shape index (κ2) is 6.55. The first kappa shape index (κ1) is 13.1. The van der Waals surface area contributed by atoms with Gasteiger partial charge in [0, 0.05) is 0 Å². The number of nitrogens with one attached hydrogen (secondary N) is 1. The van der Waals surface area contributed by atoms with Crippen LogP contribution >= 0.6 is 0 Å². The van der Waals surface area contributed by atoms with Crippen LogP contribution in [0.4, 0.5) is 0 Å². The van der Waals surface area contributed by atoms with E-state index in [1.54, 1.807) is 0 Å². The van der Waals surface area contributed by atoms with Crippen LogP contribution < -0.4 is 5.32 Å². The highest BCUT2D eigenvalue weighted by Crippen LogP contribution is 2.32. The normalized spacial score (nSPS) is 18.2. The van der Waals surface area contributed by atoms with Gasteiger partial charge in [-0.15, -0.1) is 0 Å². The van der Waals surface area contributed by atoms with E-state index in [1.807, 2.05) is 12.1 Å². The molecule has 98 valence electrons. The molecule has 18 heavy (non-hydrogen) atoms. The van der Waals surface area contributed by atoms with Gasteiger partial charge in [-0.2, -0.15) is 0 Å². The number of fused-ring (bicyclic) bond motifs is 1. The lowest BCUT2D eigenvalue weighted by molar-refractivity contribution is -0.149. The molecule has 1 N–H and O–H groups in total. The van der Waals surface area contributed by atoms with Gasteiger partial charge in [-0.3, -0.25) is 4.79 Å². The fourth-order valence-electron chi connectivity index (χ4n) is 2.40. The molecule has 0 saturated heterocycles. The molecule has 2 rings (SSSR count). The number of hydrogen-bond donors (Lipinski definition) is 1. The van der Waals surface area contributed by atoms with Crippen molar-refractivity contribution >= 4 is 5.97 Å². The number of benzene rings is 1. The van der Waals surface area contributed by atoms with Gasteiger partial charge in [-0.1, -0.05) is 31.2 Å². The third kappa shape index (κ3) is 3.33. The molecule has 3 nitrogen and oxygen atoms in total. The van der Waals surface area contributed by atoms with Crippen LogP contribution in [-0.4, -0.2) is 19.1 Å². The molecular formula is C15H21NO2. The van der Waals surface area contributed by atoms with Gasteiger partial charge in [0.1, 0.15) is 6.10 Å². The third-order valence-electron chi connectivity index (χ3n) is 3.28. The molecule has 1 aromatic rings. The summed E-state index contributed by atoms with van der Waals surface area (Å²) >= 11 is 0. The summed E-state index contributed by atoms with van der Waals surface area (Å²) in [6, 6.07) is 8.27. The van der Waals surface area contributed by atoms with Crippen LogP contribution in [0.2, 0.25) is 0 Å². The first-order valence-electron chi connectivity index (χ1n) is 6.79. The van der Waals surface area contributed by atoms with E-state index in [0.29, 0.717) is 6.54 Å². The SMILES string of the molecule is CCCNCC(=O)OC1CCCc2ccccc21. The number of ether oxygens (including phenoxy) is 1. The Balaban J connectivity index is 1.92. The molecule has 0 aliphatic heterocycles. The van der Waals surface area contributed by atoms with E-state index >= 15 is 0 Å². The van der Waals surface area contributed by atoms with E-state index in [4.69, 9.17) is 4.74 Å². The minimum Gasteiger partial charge on any atom is -0.457 e. The van der Waals surface area contributed by atoms with Gasteiger partial charge >= 0.3 is 5.97 Å². The Morgan fingerprint density at radius 3 is 3.11 bits per heavy atom. The number of carbonyl (C=O) groups is 1. The van der Waals surface area contributed by atoms with Crippen molar-refractivity contribution in [3.8, 4) is 0 Å². The summed E-state index contributed by atoms with van der Waals surface area (Å²) in [7, 11) is 0. The summed E-state index contributed by atoms with van der Waals surface area (Å²) in [4.78, 5) is 11.7. The quantitative estimate of drug-likeness (QED) is 0.642. The Hall–Kier alpha value is -1.35. The molecule has 1 aliphatic carbocycles. The van der Waals surface area contributed by atoms with Crippen molar-refractivity contribution in [3.63, 3.8) is 0 Å². The number of carbonyl (C=O) groups excluding carboxylic acids is 1. The molecular weight excluding hydrogens is 226 g/mol. The monoisotopic (exact) mass is 247 g/mol. The van der Waals surface area contributed by atoms with Crippen LogP contribution in [0.3, 0.4) is 0 Å². The number of esters is 1. The minimum atomic E-state index is -0.148. The van der Waals surface area contributed by atoms with E-state index in [2.05, 4.69) is 24.4 Å². The van der Waals surface area contributed by atoms with Crippen molar-refractivity contribution in [1.29, 1.82) is 0 Å². The first-order valence-corrected chi connectivity index (χ1v) is 6.79. The van der Waals surface area contributed by atoms with Crippen molar-refractivity contribution in [1.82, 2.24) is 5.32 Å². The van der Waals surface area contributed by atoms with Crippen LogP contribution in [0.15, 0.2) is 24.3 Å². The summed E-state index contributed by atoms with van der Waals surface area (Å²) in [6.45, 7) is 3.25. The smallest absolute Gasteiger partial charge is 0.320 e. The Morgan fingerprint density at radius 2 is 2.28 bits per heavy atom. The van der Waals surface area contributed by atoms with Crippen LogP contribution in [0, 0.1) is 0 Å². The van der Waals surface area contributed by atoms with Crippen molar-refractivity contribution in [2.24, 2.45) is 0 Å². The van der Waals surface area contributed by atoms with Gasteiger partial charge in [0.05, 0.1) is 6.54 Å². The average Bonchev–Trinajstić information content (AvgIpc) is 2.39. The van der Waals surface area contributed by atoms with Crippen LogP contribution in [-0.2, 0) is 16.0 Å². The zero-order valence-corrected chi connectivity index (χ0v) is 10.9. The summed E-state index contributed by atoms with van der Waals surface area (Å²) in [5.41, 5.74) is 2.51. The van der Waals surface area contributed by atoms with Gasteiger partial charge in [0.15, 0.2) is 0 Å². The highest BCUT2D eigenvalue weighted by molar-refractivity contribution is 5.72. The Bertz CT molecular complexity index is 403. The van der Waals surface area contributed by atoms with Crippen molar-refractivity contribution in [3.05, 3.63) is 35.4 Å². The van der Waals surface area contributed by atoms with E-state index in [0.717, 1.165) is 32.2 Å². The molecule has 0 spiro atoms. The fourth-order valence-corrected chi connectivity index (χ4v) is 2.40. The number of rotatable bonds is 5. The molecule has 3 heteroatoms. The molecule has 1 aromatic carbocycles. The Morgan fingerprint density at radius 1 is 1.44 bits per heavy atom. The molecule has 1 unspecified atom stereocenters. The maximum absolute atomic E-state index is 11.7. The van der Waals surface area contributed by atoms with Crippen molar-refractivity contribution in [2.75, 3.05) is 13.1 Å². The topological polar surface area (TPSA) is 38.3 Å². The van der Waals surface area contributed by atoms with E-state index in [1.165, 1.54) is 11.1 Å². The largest absolute Gasteiger partial charge is 0.457 e. The molecule has 0 amide bonds. The zero-order valence-electron chi connectivity index (χ0n) is 10.9. The standard InChI is InChI=1S/C15H21NO2/c1-2-10-16-11-15(17)18-14-9-5-7-12-6-3-4-8-13(12)14/h3-4,6,8,14,16H,2,5,7,9-11H2,1H3. The van der Waals surface area contributed by atoms with E-state index < -0.39 is 0 Å². The van der Waals surface area contributed by atoms with Gasteiger partial charge in [-0.05, 0) is 43.4 Å². The predicted octanol–water partition coefficient (Wildman–Crippen LogP) is 2.61. The zero-order chi connectivity index (χ0) is 12.8. The molecule has 1 aliphatic rings. The lowest BCUT2D eigenvalue weighted by Gasteiger charge is -2.25. The lowest BCUT2D eigenvalue weighted by Crippen LogP contribution is -2.27. The summed E-state index contributed by atoms with van der Waals surface area (Å²) in [5.74, 6) is -0.148. The highest BCUT2D eigenvalue weighted by atomic mass is 16.5. The van der Waals surface area contributed by atoms with Crippen molar-refractivity contribution < 1.29 is 9.53 Å². The predicted molar refractivity (Wildman–Crippen MR) is 71.4 cm³/mol. The van der Waals surface area contributed by atoms with Crippen LogP contribution in [0.1, 0.15) is 43.4 Å². The van der Waals surface area contributed by atoms with Crippen LogP contribution in [0.5, 0.6) is 0 Å². The van der Waals surface area contributed by atoms with Gasteiger partial charge < -0.3 is 10.1 Å². The summed E-state index contributed by atoms with van der Waals surface area (Å²) < 4.78 is 5.56. The van der Waals surface area contributed by atoms with Crippen LogP contribution in [0.25, 0.3) is 0 Å². The van der Waals surface area contributed by atoms with Crippen molar-refractivity contribution in [2.45, 2.75) is 38.7 Å². The Labute approximate surface area is 109 Å². The molecule has 0 radical (unpaired) electrons. The molecule has 0 fully saturated rings. The molecule has 0 aromatic heterocycles. The number of aryl methyl sites for hydroxylation is 1. The minimum absolute atomic E-state index is 0.0501. The number of hydrogen-bond acceptors (Lipinski definition) is 3. The molecule has 0 heterocycles. The maximum Gasteiger partial charge on any atom is 0.320 e. The molecule has 0 bridgehead atoms. The average molecular weight is 247 g/mol. The highest BCUT2D eigenvalue weighted by Gasteiger charge is 2.22. The Kier molecular flexibility index (Phi) is 4.76. The van der Waals surface area contributed by atoms with Gasteiger partial charge in [0.2, 0.25) is 0 Å². The lowest BCUT2D eigenvalue weighted by atomic mass is 9.89. The first-order chi connectivity index (χ1) is 8.81. The van der Waals surface area contributed by atoms with Gasteiger partial charge in [0.25, 0.3) is 0 Å². The summed E-state index contributed by atoms with van der Waals surface area (Å²) in [6.07, 6.45) is 4.11. The summed E-state index contributed by atoms with van der Waals surface area (Å²) in [5, 5.41) is 3.07. The van der Waals surface area contributed by atoms with E-state index in [9.17, 15) is 4.79 Å². The maximum atomic E-state index is 11.7. The second-order valence-corrected chi connectivity index (χ2v) is 4.75. The second-order valence-electron chi connectivity index (χ2n) is 4.75. The van der Waals surface area contributed by atoms with Gasteiger partial charge in [-0.25, -0.2) is 0 Å².